The Hall–Kier alpha value is -2.14. The highest BCUT2D eigenvalue weighted by molar-refractivity contribution is 6.17. The molecule has 0 amide bonds. The van der Waals surface area contributed by atoms with Gasteiger partial charge in [-0.15, -0.1) is 11.6 Å². The molecule has 0 N–H and O–H groups in total. The first-order chi connectivity index (χ1) is 9.61. The normalized spacial score (nSPS) is 10.3. The third kappa shape index (κ3) is 3.24. The lowest BCUT2D eigenvalue weighted by Gasteiger charge is -2.08. The molecule has 0 aliphatic heterocycles. The largest absolute Gasteiger partial charge is 0.486 e. The number of ether oxygens (including phenoxy) is 1. The summed E-state index contributed by atoms with van der Waals surface area (Å²) in [6.07, 6.45) is 0. The summed E-state index contributed by atoms with van der Waals surface area (Å²) in [5.41, 5.74) is 0.978. The van der Waals surface area contributed by atoms with Gasteiger partial charge in [-0.05, 0) is 23.8 Å². The average molecular weight is 296 g/mol. The Morgan fingerprint density at radius 2 is 2.00 bits per heavy atom. The lowest BCUT2D eigenvalue weighted by atomic mass is 10.2. The van der Waals surface area contributed by atoms with Crippen LogP contribution in [0.25, 0.3) is 0 Å². The molecule has 0 aromatic heterocycles. The minimum atomic E-state index is -0.540. The van der Waals surface area contributed by atoms with Crippen LogP contribution in [0.1, 0.15) is 11.1 Å². The van der Waals surface area contributed by atoms with Crippen LogP contribution in [0.2, 0.25) is 0 Å². The molecule has 0 bridgehead atoms. The second-order valence-electron chi connectivity index (χ2n) is 4.07. The standard InChI is InChI=1S/C14H11ClFNO3/c15-8-10-5-6-14(12(16)7-10)20-9-11-3-1-2-4-13(11)17(18)19/h1-7H,8-9H2. The van der Waals surface area contributed by atoms with Crippen molar-refractivity contribution in [2.75, 3.05) is 0 Å². The highest BCUT2D eigenvalue weighted by Gasteiger charge is 2.13. The van der Waals surface area contributed by atoms with E-state index in [1.165, 1.54) is 18.2 Å². The summed E-state index contributed by atoms with van der Waals surface area (Å²) >= 11 is 5.60. The van der Waals surface area contributed by atoms with E-state index in [2.05, 4.69) is 0 Å². The van der Waals surface area contributed by atoms with Gasteiger partial charge in [0.05, 0.1) is 10.5 Å². The second kappa shape index (κ2) is 6.34. The highest BCUT2D eigenvalue weighted by atomic mass is 35.5. The Labute approximate surface area is 119 Å². The minimum absolute atomic E-state index is 0.0389. The number of hydrogen-bond donors (Lipinski definition) is 0. The molecular formula is C14H11ClFNO3. The van der Waals surface area contributed by atoms with Gasteiger partial charge in [0.1, 0.15) is 6.61 Å². The van der Waals surface area contributed by atoms with Crippen molar-refractivity contribution in [1.82, 2.24) is 0 Å². The molecule has 104 valence electrons. The zero-order valence-electron chi connectivity index (χ0n) is 10.4. The lowest BCUT2D eigenvalue weighted by Crippen LogP contribution is -2.01. The number of nitrogens with zero attached hydrogens (tertiary/aromatic N) is 1. The van der Waals surface area contributed by atoms with E-state index in [9.17, 15) is 14.5 Å². The maximum atomic E-state index is 13.7. The summed E-state index contributed by atoms with van der Waals surface area (Å²) in [6.45, 7) is -0.0751. The molecule has 0 unspecified atom stereocenters. The van der Waals surface area contributed by atoms with E-state index in [0.717, 1.165) is 0 Å². The van der Waals surface area contributed by atoms with Crippen molar-refractivity contribution in [3.63, 3.8) is 0 Å². The minimum Gasteiger partial charge on any atom is -0.486 e. The Kier molecular flexibility index (Phi) is 4.53. The number of halogens is 2. The van der Waals surface area contributed by atoms with Crippen LogP contribution in [0, 0.1) is 15.9 Å². The van der Waals surface area contributed by atoms with Gasteiger partial charge in [0.25, 0.3) is 5.69 Å². The van der Waals surface area contributed by atoms with Crippen molar-refractivity contribution in [3.8, 4) is 5.75 Å². The topological polar surface area (TPSA) is 52.4 Å². The van der Waals surface area contributed by atoms with Gasteiger partial charge in [0.15, 0.2) is 11.6 Å². The van der Waals surface area contributed by atoms with Gasteiger partial charge in [0, 0.05) is 11.9 Å². The second-order valence-corrected chi connectivity index (χ2v) is 4.34. The molecule has 6 heteroatoms. The molecule has 0 aliphatic rings. The summed E-state index contributed by atoms with van der Waals surface area (Å²) < 4.78 is 19.0. The van der Waals surface area contributed by atoms with Crippen LogP contribution in [0.4, 0.5) is 10.1 Å². The monoisotopic (exact) mass is 295 g/mol. The lowest BCUT2D eigenvalue weighted by molar-refractivity contribution is -0.385. The van der Waals surface area contributed by atoms with Gasteiger partial charge >= 0.3 is 0 Å². The summed E-state index contributed by atoms with van der Waals surface area (Å²) in [6, 6.07) is 10.6. The number of nitro groups is 1. The van der Waals surface area contributed by atoms with E-state index in [1.54, 1.807) is 24.3 Å². The van der Waals surface area contributed by atoms with Crippen molar-refractivity contribution in [3.05, 3.63) is 69.5 Å². The fourth-order valence-corrected chi connectivity index (χ4v) is 1.88. The van der Waals surface area contributed by atoms with Gasteiger partial charge < -0.3 is 4.74 Å². The van der Waals surface area contributed by atoms with Crippen LogP contribution in [-0.4, -0.2) is 4.92 Å². The van der Waals surface area contributed by atoms with E-state index >= 15 is 0 Å². The van der Waals surface area contributed by atoms with Crippen molar-refractivity contribution in [1.29, 1.82) is 0 Å². The molecule has 0 fully saturated rings. The number of benzene rings is 2. The van der Waals surface area contributed by atoms with Crippen LogP contribution in [0.3, 0.4) is 0 Å². The third-order valence-corrected chi connectivity index (χ3v) is 3.03. The Balaban J connectivity index is 2.15. The average Bonchev–Trinajstić information content (AvgIpc) is 2.46. The number of para-hydroxylation sites is 1. The maximum absolute atomic E-state index is 13.7. The van der Waals surface area contributed by atoms with Gasteiger partial charge in [-0.1, -0.05) is 18.2 Å². The van der Waals surface area contributed by atoms with Crippen LogP contribution in [0.5, 0.6) is 5.75 Å². The van der Waals surface area contributed by atoms with Gasteiger partial charge in [-0.2, -0.15) is 0 Å². The summed E-state index contributed by atoms with van der Waals surface area (Å²) in [5, 5.41) is 10.8. The number of alkyl halides is 1. The first-order valence-corrected chi connectivity index (χ1v) is 6.34. The molecule has 2 aromatic carbocycles. The third-order valence-electron chi connectivity index (χ3n) is 2.72. The fraction of sp³-hybridized carbons (Fsp3) is 0.143. The molecule has 0 saturated carbocycles. The van der Waals surface area contributed by atoms with E-state index in [-0.39, 0.29) is 23.9 Å². The van der Waals surface area contributed by atoms with Gasteiger partial charge in [0.2, 0.25) is 0 Å². The number of hydrogen-bond acceptors (Lipinski definition) is 3. The zero-order chi connectivity index (χ0) is 14.5. The molecule has 0 heterocycles. The molecule has 0 aliphatic carbocycles. The predicted octanol–water partition coefficient (Wildman–Crippen LogP) is 4.05. The first-order valence-electron chi connectivity index (χ1n) is 5.81. The maximum Gasteiger partial charge on any atom is 0.276 e. The Morgan fingerprint density at radius 1 is 1.25 bits per heavy atom. The Morgan fingerprint density at radius 3 is 2.65 bits per heavy atom. The first kappa shape index (κ1) is 14.3. The fourth-order valence-electron chi connectivity index (χ4n) is 1.71. The van der Waals surface area contributed by atoms with Crippen molar-refractivity contribution < 1.29 is 14.1 Å². The van der Waals surface area contributed by atoms with Crippen LogP contribution >= 0.6 is 11.6 Å². The van der Waals surface area contributed by atoms with Gasteiger partial charge in [-0.25, -0.2) is 4.39 Å². The van der Waals surface area contributed by atoms with Crippen LogP contribution in [-0.2, 0) is 12.5 Å². The Bertz CT molecular complexity index is 634. The molecule has 0 saturated heterocycles. The molecular weight excluding hydrogens is 285 g/mol. The SMILES string of the molecule is O=[N+]([O-])c1ccccc1COc1ccc(CCl)cc1F. The van der Waals surface area contributed by atoms with E-state index in [1.807, 2.05) is 0 Å². The zero-order valence-corrected chi connectivity index (χ0v) is 11.1. The van der Waals surface area contributed by atoms with Crippen LogP contribution < -0.4 is 4.74 Å². The van der Waals surface area contributed by atoms with E-state index < -0.39 is 10.7 Å². The smallest absolute Gasteiger partial charge is 0.276 e. The molecule has 20 heavy (non-hydrogen) atoms. The van der Waals surface area contributed by atoms with Crippen molar-refractivity contribution >= 4 is 17.3 Å². The van der Waals surface area contributed by atoms with E-state index in [0.29, 0.717) is 11.1 Å². The molecule has 0 atom stereocenters. The van der Waals surface area contributed by atoms with Crippen molar-refractivity contribution in [2.45, 2.75) is 12.5 Å². The van der Waals surface area contributed by atoms with Gasteiger partial charge in [-0.3, -0.25) is 10.1 Å². The molecule has 0 radical (unpaired) electrons. The molecule has 2 aromatic rings. The van der Waals surface area contributed by atoms with Crippen molar-refractivity contribution in [2.24, 2.45) is 0 Å². The van der Waals surface area contributed by atoms with E-state index in [4.69, 9.17) is 16.3 Å². The predicted molar refractivity (Wildman–Crippen MR) is 73.4 cm³/mol. The number of nitro benzene ring substituents is 1. The molecule has 2 rings (SSSR count). The summed E-state index contributed by atoms with van der Waals surface area (Å²) in [7, 11) is 0. The highest BCUT2D eigenvalue weighted by Crippen LogP contribution is 2.23. The quantitative estimate of drug-likeness (QED) is 0.475. The molecule has 4 nitrogen and oxygen atoms in total. The number of rotatable bonds is 5. The summed E-state index contributed by atoms with van der Waals surface area (Å²) in [4.78, 5) is 10.4. The summed E-state index contributed by atoms with van der Waals surface area (Å²) in [5.74, 6) is -0.291. The molecule has 0 spiro atoms. The van der Waals surface area contributed by atoms with Crippen LogP contribution in [0.15, 0.2) is 42.5 Å².